The Labute approximate surface area is 288 Å². The SMILES string of the molecule is CCN1/C(=C\C=C\c2n(CC)c3cc(Br)c(CO)cc3[n+]2CCCS(=O)(=O)O)N(CCCS(=O)(=O)O)c2cc(COOC)c(Cl)cc21. The fraction of sp³-hybridized carbons (Fsp3) is 0.433. The molecule has 17 heteroatoms. The van der Waals surface area contributed by atoms with Gasteiger partial charge in [-0.3, -0.25) is 9.11 Å². The van der Waals surface area contributed by atoms with E-state index >= 15 is 0 Å². The topological polar surface area (TPSA) is 163 Å². The van der Waals surface area contributed by atoms with E-state index < -0.39 is 31.7 Å². The number of aliphatic hydroxyl groups excluding tert-OH is 1. The van der Waals surface area contributed by atoms with Crippen molar-refractivity contribution in [2.24, 2.45) is 0 Å². The molecule has 13 nitrogen and oxygen atoms in total. The lowest BCUT2D eigenvalue weighted by atomic mass is 10.1. The van der Waals surface area contributed by atoms with Crippen molar-refractivity contribution in [1.82, 2.24) is 4.57 Å². The summed E-state index contributed by atoms with van der Waals surface area (Å²) < 4.78 is 69.6. The van der Waals surface area contributed by atoms with Crippen molar-refractivity contribution in [2.45, 2.75) is 53.0 Å². The molecule has 0 fully saturated rings. The highest BCUT2D eigenvalue weighted by Crippen LogP contribution is 2.44. The van der Waals surface area contributed by atoms with E-state index in [1.54, 1.807) is 0 Å². The van der Waals surface area contributed by atoms with E-state index in [2.05, 4.69) is 20.5 Å². The largest absolute Gasteiger partial charge is 0.392 e. The van der Waals surface area contributed by atoms with Crippen LogP contribution < -0.4 is 14.4 Å². The fourth-order valence-electron chi connectivity index (χ4n) is 5.72. The molecule has 47 heavy (non-hydrogen) atoms. The molecular weight excluding hydrogens is 740 g/mol. The van der Waals surface area contributed by atoms with Gasteiger partial charge in [0, 0.05) is 46.7 Å². The summed E-state index contributed by atoms with van der Waals surface area (Å²) in [6, 6.07) is 7.46. The summed E-state index contributed by atoms with van der Waals surface area (Å²) in [6.07, 6.45) is 5.97. The average molecular weight is 779 g/mol. The molecule has 0 atom stereocenters. The Morgan fingerprint density at radius 1 is 0.957 bits per heavy atom. The van der Waals surface area contributed by atoms with Crippen LogP contribution in [-0.4, -0.2) is 67.3 Å². The second-order valence-electron chi connectivity index (χ2n) is 10.8. The van der Waals surface area contributed by atoms with Crippen LogP contribution in [0.2, 0.25) is 5.02 Å². The second-order valence-corrected chi connectivity index (χ2v) is 15.2. The third kappa shape index (κ3) is 8.93. The average Bonchev–Trinajstić information content (AvgIpc) is 3.43. The van der Waals surface area contributed by atoms with Crippen LogP contribution in [-0.2, 0) is 56.3 Å². The summed E-state index contributed by atoms with van der Waals surface area (Å²) in [6.45, 7) is 5.58. The van der Waals surface area contributed by atoms with Gasteiger partial charge < -0.3 is 14.9 Å². The Morgan fingerprint density at radius 3 is 2.26 bits per heavy atom. The van der Waals surface area contributed by atoms with Gasteiger partial charge >= 0.3 is 0 Å². The Hall–Kier alpha value is -2.54. The third-order valence-corrected chi connectivity index (χ3v) is 10.4. The van der Waals surface area contributed by atoms with E-state index in [9.17, 15) is 31.0 Å². The number of allylic oxidation sites excluding steroid dienone is 2. The van der Waals surface area contributed by atoms with Crippen LogP contribution in [0.25, 0.3) is 17.1 Å². The molecule has 3 N–H and O–H groups in total. The molecule has 0 bridgehead atoms. The van der Waals surface area contributed by atoms with Gasteiger partial charge in [-0.1, -0.05) is 33.6 Å². The number of hydrogen-bond donors (Lipinski definition) is 3. The van der Waals surface area contributed by atoms with Crippen molar-refractivity contribution in [2.75, 3.05) is 41.5 Å². The number of anilines is 2. The monoisotopic (exact) mass is 777 g/mol. The Bertz CT molecular complexity index is 1900. The predicted molar refractivity (Wildman–Crippen MR) is 184 cm³/mol. The first-order valence-electron chi connectivity index (χ1n) is 14.9. The molecule has 2 aromatic carbocycles. The van der Waals surface area contributed by atoms with Gasteiger partial charge in [0.05, 0.1) is 49.7 Å². The van der Waals surface area contributed by atoms with Gasteiger partial charge in [-0.15, -0.1) is 0 Å². The number of imidazole rings is 1. The number of aliphatic hydroxyl groups is 1. The molecule has 0 amide bonds. The number of aromatic nitrogens is 2. The zero-order valence-corrected chi connectivity index (χ0v) is 30.2. The summed E-state index contributed by atoms with van der Waals surface area (Å²) in [5.74, 6) is 0.692. The molecule has 4 rings (SSSR count). The van der Waals surface area contributed by atoms with Crippen molar-refractivity contribution >= 4 is 76.3 Å². The number of benzene rings is 2. The summed E-state index contributed by atoms with van der Waals surface area (Å²) >= 11 is 10.1. The molecule has 0 aliphatic carbocycles. The molecular formula is C30H39BrClN4O9S2+. The quantitative estimate of drug-likeness (QED) is 0.0801. The maximum absolute atomic E-state index is 11.5. The van der Waals surface area contributed by atoms with Gasteiger partial charge in [-0.2, -0.15) is 16.8 Å². The highest BCUT2D eigenvalue weighted by atomic mass is 79.9. The Kier molecular flexibility index (Phi) is 12.5. The maximum Gasteiger partial charge on any atom is 0.282 e. The first-order chi connectivity index (χ1) is 22.2. The van der Waals surface area contributed by atoms with Gasteiger partial charge in [0.25, 0.3) is 26.1 Å². The van der Waals surface area contributed by atoms with Crippen molar-refractivity contribution in [3.05, 3.63) is 68.7 Å². The number of nitrogens with zero attached hydrogens (tertiary/aromatic N) is 4. The van der Waals surface area contributed by atoms with Crippen LogP contribution in [0.1, 0.15) is 43.6 Å². The van der Waals surface area contributed by atoms with Crippen LogP contribution >= 0.6 is 27.5 Å². The normalized spacial score (nSPS) is 14.8. The number of hydrogen-bond acceptors (Lipinski definition) is 9. The van der Waals surface area contributed by atoms with Gasteiger partial charge in [0.1, 0.15) is 12.4 Å². The van der Waals surface area contributed by atoms with Crippen LogP contribution in [0.15, 0.2) is 46.7 Å². The van der Waals surface area contributed by atoms with Crippen LogP contribution in [0, 0.1) is 0 Å². The molecule has 258 valence electrons. The minimum atomic E-state index is -4.17. The molecule has 0 saturated carbocycles. The second kappa shape index (κ2) is 15.8. The lowest BCUT2D eigenvalue weighted by Gasteiger charge is -2.24. The minimum Gasteiger partial charge on any atom is -0.392 e. The standard InChI is InChI=1S/C30H38BrClN4O9S2/c1-4-33-27-17-23(31)21(19-37)15-25(27)35(11-7-13-46(38,39)40)29(33)9-6-10-30-34(5-2)28-18-24(32)22(20-45-44-3)16-26(28)36(30)12-8-14-47(41,42)43/h6,9-10,15-18,37H,4-5,7-8,11-14,19-20H2,1-3H3,(H-,38,39,40,41,42,43)/p+1. The molecule has 0 spiro atoms. The van der Waals surface area contributed by atoms with E-state index in [1.165, 1.54) is 7.11 Å². The highest BCUT2D eigenvalue weighted by Gasteiger charge is 2.32. The van der Waals surface area contributed by atoms with E-state index in [1.807, 2.05) is 70.7 Å². The molecule has 3 aromatic rings. The summed E-state index contributed by atoms with van der Waals surface area (Å²) in [5, 5.41) is 10.4. The number of halogens is 2. The van der Waals surface area contributed by atoms with E-state index in [-0.39, 0.29) is 39.1 Å². The lowest BCUT2D eigenvalue weighted by Crippen LogP contribution is -2.37. The summed E-state index contributed by atoms with van der Waals surface area (Å²) in [5.41, 5.74) is 4.60. The summed E-state index contributed by atoms with van der Waals surface area (Å²) in [4.78, 5) is 13.9. The number of fused-ring (bicyclic) bond motifs is 2. The molecule has 1 aromatic heterocycles. The Balaban J connectivity index is 1.82. The van der Waals surface area contributed by atoms with Crippen LogP contribution in [0.4, 0.5) is 11.4 Å². The zero-order valence-electron chi connectivity index (χ0n) is 26.3. The summed E-state index contributed by atoms with van der Waals surface area (Å²) in [7, 11) is -6.93. The smallest absolute Gasteiger partial charge is 0.282 e. The first kappa shape index (κ1) is 37.3. The first-order valence-corrected chi connectivity index (χ1v) is 19.3. The van der Waals surface area contributed by atoms with Crippen molar-refractivity contribution < 1.29 is 45.4 Å². The van der Waals surface area contributed by atoms with Gasteiger partial charge in [0.15, 0.2) is 11.0 Å². The highest BCUT2D eigenvalue weighted by molar-refractivity contribution is 9.10. The number of rotatable bonds is 16. The molecule has 1 aliphatic heterocycles. The zero-order chi connectivity index (χ0) is 34.5. The predicted octanol–water partition coefficient (Wildman–Crippen LogP) is 4.69. The van der Waals surface area contributed by atoms with Crippen molar-refractivity contribution in [1.29, 1.82) is 0 Å². The third-order valence-electron chi connectivity index (χ3n) is 7.75. The minimum absolute atomic E-state index is 0.0970. The van der Waals surface area contributed by atoms with Crippen LogP contribution in [0.5, 0.6) is 0 Å². The van der Waals surface area contributed by atoms with Crippen molar-refractivity contribution in [3.63, 3.8) is 0 Å². The fourth-order valence-corrected chi connectivity index (χ4v) is 7.38. The number of aryl methyl sites for hydroxylation is 2. The van der Waals surface area contributed by atoms with E-state index in [0.717, 1.165) is 38.5 Å². The van der Waals surface area contributed by atoms with E-state index in [0.29, 0.717) is 29.2 Å². The molecule has 1 aliphatic rings. The van der Waals surface area contributed by atoms with Gasteiger partial charge in [0.2, 0.25) is 0 Å². The molecule has 2 heterocycles. The van der Waals surface area contributed by atoms with Crippen LogP contribution in [0.3, 0.4) is 0 Å². The van der Waals surface area contributed by atoms with E-state index in [4.69, 9.17) is 21.4 Å². The lowest BCUT2D eigenvalue weighted by molar-refractivity contribution is -0.673. The Morgan fingerprint density at radius 2 is 1.64 bits per heavy atom. The maximum atomic E-state index is 11.5. The molecule has 0 radical (unpaired) electrons. The van der Waals surface area contributed by atoms with Crippen molar-refractivity contribution in [3.8, 4) is 0 Å². The molecule has 0 unspecified atom stereocenters. The van der Waals surface area contributed by atoms with Gasteiger partial charge in [-0.05, 0) is 50.1 Å². The molecule has 0 saturated heterocycles. The van der Waals surface area contributed by atoms with Gasteiger partial charge in [-0.25, -0.2) is 18.9 Å².